The fourth-order valence-electron chi connectivity index (χ4n) is 0.881. The van der Waals surface area contributed by atoms with Gasteiger partial charge in [0.1, 0.15) is 11.6 Å². The van der Waals surface area contributed by atoms with Gasteiger partial charge in [-0.1, -0.05) is 11.6 Å². The van der Waals surface area contributed by atoms with Gasteiger partial charge in [0.05, 0.1) is 5.02 Å². The van der Waals surface area contributed by atoms with E-state index in [9.17, 15) is 21.6 Å². The molecule has 0 saturated carbocycles. The standard InChI is InChI=1S/C7HCl2F3N2O3S/c8-4-1-5(18(9,15)16)14-6(3(4)2-13)17-7(10,11)12/h1H. The zero-order valence-corrected chi connectivity index (χ0v) is 10.3. The number of nitrogens with zero attached hydrogens (tertiary/aromatic N) is 2. The normalized spacial score (nSPS) is 12.0. The van der Waals surface area contributed by atoms with Gasteiger partial charge in [-0.3, -0.25) is 0 Å². The quantitative estimate of drug-likeness (QED) is 0.782. The molecule has 0 aromatic carbocycles. The van der Waals surface area contributed by atoms with Gasteiger partial charge in [-0.05, 0) is 6.07 Å². The van der Waals surface area contributed by atoms with Crippen LogP contribution in [0, 0.1) is 11.3 Å². The first-order chi connectivity index (χ1) is 8.04. The molecule has 0 aliphatic rings. The maximum Gasteiger partial charge on any atom is 0.574 e. The van der Waals surface area contributed by atoms with Gasteiger partial charge in [-0.15, -0.1) is 13.2 Å². The minimum Gasteiger partial charge on any atom is -0.386 e. The minimum atomic E-state index is -5.16. The first kappa shape index (κ1) is 14.8. The van der Waals surface area contributed by atoms with E-state index < -0.39 is 36.9 Å². The summed E-state index contributed by atoms with van der Waals surface area (Å²) in [5.74, 6) is -1.28. The van der Waals surface area contributed by atoms with Gasteiger partial charge in [-0.25, -0.2) is 8.42 Å². The van der Waals surface area contributed by atoms with Crippen LogP contribution in [0.25, 0.3) is 0 Å². The van der Waals surface area contributed by atoms with Crippen molar-refractivity contribution in [2.75, 3.05) is 0 Å². The van der Waals surface area contributed by atoms with Crippen molar-refractivity contribution in [1.29, 1.82) is 5.26 Å². The van der Waals surface area contributed by atoms with Crippen LogP contribution < -0.4 is 4.74 Å². The Morgan fingerprint density at radius 1 is 1.44 bits per heavy atom. The molecule has 98 valence electrons. The number of nitriles is 1. The monoisotopic (exact) mass is 320 g/mol. The van der Waals surface area contributed by atoms with E-state index in [2.05, 4.69) is 9.72 Å². The zero-order chi connectivity index (χ0) is 14.1. The summed E-state index contributed by atoms with van der Waals surface area (Å²) in [5.41, 5.74) is -0.752. The summed E-state index contributed by atoms with van der Waals surface area (Å²) in [6.45, 7) is 0. The lowest BCUT2D eigenvalue weighted by Crippen LogP contribution is -2.19. The number of aromatic nitrogens is 1. The van der Waals surface area contributed by atoms with Crippen LogP contribution >= 0.6 is 22.3 Å². The number of pyridine rings is 1. The molecule has 0 spiro atoms. The van der Waals surface area contributed by atoms with Crippen molar-refractivity contribution in [1.82, 2.24) is 4.98 Å². The van der Waals surface area contributed by atoms with Crippen LogP contribution in [0.3, 0.4) is 0 Å². The molecule has 1 aromatic rings. The van der Waals surface area contributed by atoms with Gasteiger partial charge in [0.25, 0.3) is 9.05 Å². The molecule has 0 bridgehead atoms. The SMILES string of the molecule is N#Cc1c(Cl)cc(S(=O)(=O)Cl)nc1OC(F)(F)F. The van der Waals surface area contributed by atoms with Crippen molar-refractivity contribution < 1.29 is 26.3 Å². The molecule has 0 aliphatic carbocycles. The van der Waals surface area contributed by atoms with Crippen molar-refractivity contribution in [3.63, 3.8) is 0 Å². The van der Waals surface area contributed by atoms with Crippen LogP contribution in [0.4, 0.5) is 13.2 Å². The molecule has 11 heteroatoms. The summed E-state index contributed by atoms with van der Waals surface area (Å²) in [4.78, 5) is 2.99. The van der Waals surface area contributed by atoms with E-state index in [1.165, 1.54) is 6.07 Å². The molecular weight excluding hydrogens is 320 g/mol. The molecule has 18 heavy (non-hydrogen) atoms. The van der Waals surface area contributed by atoms with Gasteiger partial charge in [0.2, 0.25) is 5.88 Å². The van der Waals surface area contributed by atoms with E-state index in [0.717, 1.165) is 0 Å². The highest BCUT2D eigenvalue weighted by atomic mass is 35.7. The average molecular weight is 321 g/mol. The summed E-state index contributed by atoms with van der Waals surface area (Å²) in [6, 6.07) is 1.95. The first-order valence-corrected chi connectivity index (χ1v) is 6.54. The van der Waals surface area contributed by atoms with Crippen molar-refractivity contribution in [2.45, 2.75) is 11.4 Å². The van der Waals surface area contributed by atoms with E-state index in [0.29, 0.717) is 6.07 Å². The fraction of sp³-hybridized carbons (Fsp3) is 0.143. The van der Waals surface area contributed by atoms with Crippen molar-refractivity contribution >= 4 is 31.3 Å². The van der Waals surface area contributed by atoms with Gasteiger partial charge in [0.15, 0.2) is 5.03 Å². The number of alkyl halides is 3. The lowest BCUT2D eigenvalue weighted by molar-refractivity contribution is -0.276. The second-order valence-electron chi connectivity index (χ2n) is 2.72. The third-order valence-corrected chi connectivity index (χ3v) is 2.97. The summed E-state index contributed by atoms with van der Waals surface area (Å²) >= 11 is 5.44. The molecule has 0 aliphatic heterocycles. The highest BCUT2D eigenvalue weighted by Crippen LogP contribution is 2.31. The molecular formula is C7HCl2F3N2O3S. The summed E-state index contributed by atoms with van der Waals surface area (Å²) in [6.07, 6.45) is -5.16. The largest absolute Gasteiger partial charge is 0.574 e. The van der Waals surface area contributed by atoms with Crippen LogP contribution in [0.1, 0.15) is 5.56 Å². The Labute approximate surface area is 108 Å². The van der Waals surface area contributed by atoms with Crippen LogP contribution in [0.15, 0.2) is 11.1 Å². The number of hydrogen-bond donors (Lipinski definition) is 0. The third kappa shape index (κ3) is 3.63. The molecule has 0 radical (unpaired) electrons. The van der Waals surface area contributed by atoms with Crippen molar-refractivity contribution in [2.24, 2.45) is 0 Å². The fourth-order valence-corrected chi connectivity index (χ4v) is 1.86. The Hall–Kier alpha value is -1.24. The van der Waals surface area contributed by atoms with Crippen LogP contribution in [0.5, 0.6) is 5.88 Å². The molecule has 5 nitrogen and oxygen atoms in total. The smallest absolute Gasteiger partial charge is 0.386 e. The Morgan fingerprint density at radius 3 is 2.39 bits per heavy atom. The van der Waals surface area contributed by atoms with E-state index in [1.54, 1.807) is 0 Å². The second-order valence-corrected chi connectivity index (χ2v) is 5.64. The number of hydrogen-bond acceptors (Lipinski definition) is 5. The summed E-state index contributed by atoms with van der Waals surface area (Å²) in [7, 11) is 0.492. The number of rotatable bonds is 2. The van der Waals surface area contributed by atoms with Crippen LogP contribution in [0.2, 0.25) is 5.02 Å². The van der Waals surface area contributed by atoms with Gasteiger partial charge in [-0.2, -0.15) is 10.2 Å². The molecule has 1 aromatic heterocycles. The van der Waals surface area contributed by atoms with E-state index in [-0.39, 0.29) is 0 Å². The van der Waals surface area contributed by atoms with Crippen LogP contribution in [-0.4, -0.2) is 19.8 Å². The highest BCUT2D eigenvalue weighted by molar-refractivity contribution is 8.13. The first-order valence-electron chi connectivity index (χ1n) is 3.85. The molecule has 0 fully saturated rings. The van der Waals surface area contributed by atoms with Gasteiger partial charge >= 0.3 is 6.36 Å². The maximum absolute atomic E-state index is 12.0. The Bertz CT molecular complexity index is 624. The molecule has 1 heterocycles. The second kappa shape index (κ2) is 4.79. The minimum absolute atomic E-state index is 0.578. The number of ether oxygens (including phenoxy) is 1. The average Bonchev–Trinajstić information content (AvgIpc) is 2.13. The summed E-state index contributed by atoms with van der Waals surface area (Å²) < 4.78 is 61.3. The van der Waals surface area contributed by atoms with Crippen molar-refractivity contribution in [3.8, 4) is 11.9 Å². The van der Waals surface area contributed by atoms with Crippen molar-refractivity contribution in [3.05, 3.63) is 16.7 Å². The van der Waals surface area contributed by atoms with E-state index in [1.807, 2.05) is 0 Å². The predicted molar refractivity (Wildman–Crippen MR) is 53.7 cm³/mol. The summed E-state index contributed by atoms with van der Waals surface area (Å²) in [5, 5.41) is 7.06. The topological polar surface area (TPSA) is 80.0 Å². The lowest BCUT2D eigenvalue weighted by Gasteiger charge is -2.10. The maximum atomic E-state index is 12.0. The molecule has 0 saturated heterocycles. The molecule has 0 N–H and O–H groups in total. The Morgan fingerprint density at radius 2 is 2.00 bits per heavy atom. The third-order valence-electron chi connectivity index (χ3n) is 1.49. The lowest BCUT2D eigenvalue weighted by atomic mass is 10.3. The molecule has 0 amide bonds. The van der Waals surface area contributed by atoms with Gasteiger partial charge < -0.3 is 4.74 Å². The molecule has 1 rings (SSSR count). The van der Waals surface area contributed by atoms with Crippen LogP contribution in [-0.2, 0) is 9.05 Å². The predicted octanol–water partition coefficient (Wildman–Crippen LogP) is 2.43. The van der Waals surface area contributed by atoms with E-state index >= 15 is 0 Å². The van der Waals surface area contributed by atoms with Gasteiger partial charge in [0, 0.05) is 10.7 Å². The molecule has 0 atom stereocenters. The Balaban J connectivity index is 3.48. The Kier molecular flexibility index (Phi) is 3.95. The number of halogens is 5. The zero-order valence-electron chi connectivity index (χ0n) is 7.99. The van der Waals surface area contributed by atoms with E-state index in [4.69, 9.17) is 27.5 Å². The highest BCUT2D eigenvalue weighted by Gasteiger charge is 2.34. The molecule has 0 unspecified atom stereocenters.